The Labute approximate surface area is 126 Å². The Kier molecular flexibility index (Phi) is 7.11. The summed E-state index contributed by atoms with van der Waals surface area (Å²) in [4.78, 5) is 1.06. The Morgan fingerprint density at radius 2 is 2.10 bits per heavy atom. The van der Waals surface area contributed by atoms with Gasteiger partial charge in [-0.15, -0.1) is 11.3 Å². The molecule has 5 nitrogen and oxygen atoms in total. The van der Waals surface area contributed by atoms with Crippen LogP contribution in [0, 0.1) is 0 Å². The molecule has 0 amide bonds. The lowest BCUT2D eigenvalue weighted by Gasteiger charge is -2.30. The summed E-state index contributed by atoms with van der Waals surface area (Å²) >= 11 is 1.58. The van der Waals surface area contributed by atoms with Crippen LogP contribution in [0.3, 0.4) is 0 Å². The van der Waals surface area contributed by atoms with E-state index in [2.05, 4.69) is 5.32 Å². The van der Waals surface area contributed by atoms with Crippen molar-refractivity contribution in [2.45, 2.75) is 32.9 Å². The molecule has 0 aliphatic carbocycles. The van der Waals surface area contributed by atoms with Crippen molar-refractivity contribution in [1.29, 1.82) is 0 Å². The van der Waals surface area contributed by atoms with Gasteiger partial charge in [0.2, 0.25) is 0 Å². The van der Waals surface area contributed by atoms with Gasteiger partial charge in [-0.05, 0) is 45.3 Å². The van der Waals surface area contributed by atoms with Crippen molar-refractivity contribution in [2.75, 3.05) is 27.2 Å². The lowest BCUT2D eigenvalue weighted by molar-refractivity contribution is 0.313. The molecule has 0 saturated heterocycles. The van der Waals surface area contributed by atoms with Crippen LogP contribution >= 0.6 is 11.3 Å². The highest BCUT2D eigenvalue weighted by Crippen LogP contribution is 2.19. The minimum absolute atomic E-state index is 0.0612. The summed E-state index contributed by atoms with van der Waals surface area (Å²) in [6, 6.07) is 3.85. The second-order valence-electron chi connectivity index (χ2n) is 5.00. The maximum Gasteiger partial charge on any atom is 0.282 e. The zero-order chi connectivity index (χ0) is 15.2. The van der Waals surface area contributed by atoms with Crippen LogP contribution in [0.1, 0.15) is 25.1 Å². The van der Waals surface area contributed by atoms with Gasteiger partial charge in [-0.2, -0.15) is 17.0 Å². The number of hydrogen-bond acceptors (Lipinski definition) is 4. The van der Waals surface area contributed by atoms with Crippen molar-refractivity contribution in [3.8, 4) is 0 Å². The maximum absolute atomic E-state index is 12.6. The Hall–Kier alpha value is -0.470. The molecule has 0 radical (unpaired) electrons. The van der Waals surface area contributed by atoms with Gasteiger partial charge in [0.05, 0.1) is 0 Å². The average Bonchev–Trinajstić information content (AvgIpc) is 2.88. The van der Waals surface area contributed by atoms with Gasteiger partial charge in [-0.1, -0.05) is 6.07 Å². The van der Waals surface area contributed by atoms with E-state index < -0.39 is 10.2 Å². The average molecular weight is 319 g/mol. The van der Waals surface area contributed by atoms with Crippen LogP contribution in [0.2, 0.25) is 0 Å². The van der Waals surface area contributed by atoms with E-state index in [0.29, 0.717) is 13.1 Å². The summed E-state index contributed by atoms with van der Waals surface area (Å²) in [6.45, 7) is 5.59. The Bertz CT molecular complexity index is 472. The first-order valence-corrected chi connectivity index (χ1v) is 9.07. The van der Waals surface area contributed by atoms with E-state index >= 15 is 0 Å². The fourth-order valence-electron chi connectivity index (χ4n) is 1.86. The summed E-state index contributed by atoms with van der Waals surface area (Å²) in [5, 5.41) is 5.00. The number of thiophene rings is 1. The Balaban J connectivity index is 2.78. The predicted octanol–water partition coefficient (Wildman–Crippen LogP) is 1.74. The van der Waals surface area contributed by atoms with Crippen molar-refractivity contribution in [2.24, 2.45) is 0 Å². The van der Waals surface area contributed by atoms with Crippen LogP contribution in [0.15, 0.2) is 17.5 Å². The van der Waals surface area contributed by atoms with Crippen molar-refractivity contribution < 1.29 is 8.42 Å². The van der Waals surface area contributed by atoms with Crippen LogP contribution in [0.4, 0.5) is 0 Å². The van der Waals surface area contributed by atoms with Crippen LogP contribution in [0.5, 0.6) is 0 Å². The first-order chi connectivity index (χ1) is 9.39. The summed E-state index contributed by atoms with van der Waals surface area (Å²) in [7, 11) is 0.103. The lowest BCUT2D eigenvalue weighted by Crippen LogP contribution is -2.45. The molecule has 0 aliphatic heterocycles. The number of nitrogens with one attached hydrogen (secondary N) is 1. The molecule has 116 valence electrons. The van der Waals surface area contributed by atoms with Crippen LogP contribution in [0.25, 0.3) is 0 Å². The van der Waals surface area contributed by atoms with Crippen molar-refractivity contribution >= 4 is 21.5 Å². The quantitative estimate of drug-likeness (QED) is 0.706. The van der Waals surface area contributed by atoms with Gasteiger partial charge in [-0.25, -0.2) is 0 Å². The smallest absolute Gasteiger partial charge is 0.282 e. The van der Waals surface area contributed by atoms with Crippen molar-refractivity contribution in [3.05, 3.63) is 22.4 Å². The van der Waals surface area contributed by atoms with Gasteiger partial charge in [0.15, 0.2) is 0 Å². The normalized spacial score (nSPS) is 12.8. The molecule has 1 N–H and O–H groups in total. The predicted molar refractivity (Wildman–Crippen MR) is 85.1 cm³/mol. The summed E-state index contributed by atoms with van der Waals surface area (Å²) in [5.41, 5.74) is 0. The Morgan fingerprint density at radius 1 is 1.40 bits per heavy atom. The lowest BCUT2D eigenvalue weighted by atomic mass is 10.4. The minimum atomic E-state index is -3.41. The summed E-state index contributed by atoms with van der Waals surface area (Å²) in [6.07, 6.45) is 0.803. The molecular formula is C13H25N3O2S2. The second kappa shape index (κ2) is 8.09. The second-order valence-corrected chi connectivity index (χ2v) is 8.03. The molecule has 1 aromatic heterocycles. The zero-order valence-electron chi connectivity index (χ0n) is 12.7. The molecule has 0 fully saturated rings. The maximum atomic E-state index is 12.6. The number of nitrogens with zero attached hydrogens (tertiary/aromatic N) is 2. The molecule has 0 spiro atoms. The topological polar surface area (TPSA) is 52.7 Å². The van der Waals surface area contributed by atoms with Gasteiger partial charge in [0.25, 0.3) is 10.2 Å². The highest BCUT2D eigenvalue weighted by atomic mass is 32.2. The standard InChI is InChI=1S/C13H25N3O2S2/c1-12(2)16(11-13-7-5-10-19-13)20(17,18)15(4)9-6-8-14-3/h5,7,10,12,14H,6,8-9,11H2,1-4H3. The highest BCUT2D eigenvalue weighted by molar-refractivity contribution is 7.86. The third-order valence-electron chi connectivity index (χ3n) is 3.06. The SMILES string of the molecule is CNCCCN(C)S(=O)(=O)N(Cc1cccs1)C(C)C. The first kappa shape index (κ1) is 17.6. The molecule has 1 aromatic rings. The van der Waals surface area contributed by atoms with E-state index in [9.17, 15) is 8.42 Å². The summed E-state index contributed by atoms with van der Waals surface area (Å²) in [5.74, 6) is 0. The number of rotatable bonds is 9. The first-order valence-electron chi connectivity index (χ1n) is 6.79. The molecule has 7 heteroatoms. The van der Waals surface area contributed by atoms with Gasteiger partial charge in [0, 0.05) is 31.1 Å². The van der Waals surface area contributed by atoms with E-state index in [4.69, 9.17) is 0 Å². The number of hydrogen-bond donors (Lipinski definition) is 1. The molecule has 0 unspecified atom stereocenters. The minimum Gasteiger partial charge on any atom is -0.320 e. The van der Waals surface area contributed by atoms with Gasteiger partial charge in [-0.3, -0.25) is 0 Å². The van der Waals surface area contributed by atoms with Gasteiger partial charge < -0.3 is 5.32 Å². The van der Waals surface area contributed by atoms with E-state index in [1.54, 1.807) is 22.7 Å². The molecule has 1 heterocycles. The third kappa shape index (κ3) is 4.82. The van der Waals surface area contributed by atoms with E-state index in [1.807, 2.05) is 38.4 Å². The summed E-state index contributed by atoms with van der Waals surface area (Å²) < 4.78 is 28.3. The molecular weight excluding hydrogens is 294 g/mol. The zero-order valence-corrected chi connectivity index (χ0v) is 14.3. The Morgan fingerprint density at radius 3 is 2.60 bits per heavy atom. The van der Waals surface area contributed by atoms with E-state index in [0.717, 1.165) is 17.8 Å². The molecule has 0 bridgehead atoms. The molecule has 0 aromatic carbocycles. The van der Waals surface area contributed by atoms with Crippen LogP contribution < -0.4 is 5.32 Å². The molecule has 0 atom stereocenters. The largest absolute Gasteiger partial charge is 0.320 e. The fraction of sp³-hybridized carbons (Fsp3) is 0.692. The monoisotopic (exact) mass is 319 g/mol. The van der Waals surface area contributed by atoms with E-state index in [-0.39, 0.29) is 6.04 Å². The third-order valence-corrected chi connectivity index (χ3v) is 6.03. The molecule has 20 heavy (non-hydrogen) atoms. The van der Waals surface area contributed by atoms with Gasteiger partial charge in [0.1, 0.15) is 0 Å². The van der Waals surface area contributed by atoms with Gasteiger partial charge >= 0.3 is 0 Å². The molecule has 0 saturated carbocycles. The van der Waals surface area contributed by atoms with E-state index in [1.165, 1.54) is 4.31 Å². The van der Waals surface area contributed by atoms with Crippen molar-refractivity contribution in [3.63, 3.8) is 0 Å². The van der Waals surface area contributed by atoms with Crippen LogP contribution in [-0.2, 0) is 16.8 Å². The highest BCUT2D eigenvalue weighted by Gasteiger charge is 2.29. The van der Waals surface area contributed by atoms with Crippen LogP contribution in [-0.4, -0.2) is 50.3 Å². The van der Waals surface area contributed by atoms with Crippen molar-refractivity contribution in [1.82, 2.24) is 13.9 Å². The molecule has 1 rings (SSSR count). The molecule has 0 aliphatic rings. The fourth-order valence-corrected chi connectivity index (χ4v) is 4.20.